The van der Waals surface area contributed by atoms with Crippen LogP contribution in [-0.4, -0.2) is 70.1 Å². The number of carbonyl (C=O) groups is 1. The maximum atomic E-state index is 14.1. The smallest absolute Gasteiger partial charge is 0.223 e. The maximum Gasteiger partial charge on any atom is 0.223 e. The van der Waals surface area contributed by atoms with E-state index in [0.717, 1.165) is 35.9 Å². The molecule has 2 aliphatic heterocycles. The first-order chi connectivity index (χ1) is 17.5. The Hall–Kier alpha value is -3.49. The zero-order chi connectivity index (χ0) is 25.1. The molecule has 0 unspecified atom stereocenters. The van der Waals surface area contributed by atoms with Crippen LogP contribution in [0.25, 0.3) is 5.82 Å². The van der Waals surface area contributed by atoms with Gasteiger partial charge in [0.15, 0.2) is 11.6 Å². The van der Waals surface area contributed by atoms with Crippen molar-refractivity contribution in [3.63, 3.8) is 0 Å². The molecule has 36 heavy (non-hydrogen) atoms. The number of piperidine rings is 1. The standard InChI is InChI=1S/C27H34FN7O/c1-20-22(10-13-27(36)34-18-16-32(17-19-34)24-9-5-4-8-23(24)28)21(2)35(31-20)26-12-11-25(29-30-26)33-14-6-3-7-15-33/h4-5,8-9,11-12H,3,6-7,10,13-19H2,1-2H3. The van der Waals surface area contributed by atoms with Crippen LogP contribution in [0.2, 0.25) is 0 Å². The molecular weight excluding hydrogens is 457 g/mol. The summed E-state index contributed by atoms with van der Waals surface area (Å²) in [6.45, 7) is 8.53. The van der Waals surface area contributed by atoms with Gasteiger partial charge in [0.05, 0.1) is 11.4 Å². The van der Waals surface area contributed by atoms with Crippen molar-refractivity contribution in [3.8, 4) is 5.82 Å². The van der Waals surface area contributed by atoms with Crippen LogP contribution in [0, 0.1) is 19.7 Å². The molecule has 1 amide bonds. The molecule has 0 spiro atoms. The third-order valence-electron chi connectivity index (χ3n) is 7.39. The van der Waals surface area contributed by atoms with Crippen molar-refractivity contribution >= 4 is 17.4 Å². The normalized spacial score (nSPS) is 16.5. The number of rotatable bonds is 6. The molecule has 2 fully saturated rings. The molecule has 0 saturated carbocycles. The van der Waals surface area contributed by atoms with Crippen LogP contribution in [0.3, 0.4) is 0 Å². The van der Waals surface area contributed by atoms with E-state index >= 15 is 0 Å². The Morgan fingerprint density at radius 2 is 1.56 bits per heavy atom. The van der Waals surface area contributed by atoms with Crippen LogP contribution in [0.4, 0.5) is 15.9 Å². The molecule has 0 N–H and O–H groups in total. The van der Waals surface area contributed by atoms with Crippen molar-refractivity contribution in [3.05, 3.63) is 59.2 Å². The lowest BCUT2D eigenvalue weighted by Crippen LogP contribution is -2.49. The second-order valence-corrected chi connectivity index (χ2v) is 9.68. The van der Waals surface area contributed by atoms with Crippen LogP contribution in [0.5, 0.6) is 0 Å². The number of hydrogen-bond donors (Lipinski definition) is 0. The number of hydrogen-bond acceptors (Lipinski definition) is 6. The summed E-state index contributed by atoms with van der Waals surface area (Å²) in [5.74, 6) is 1.52. The average molecular weight is 492 g/mol. The quantitative estimate of drug-likeness (QED) is 0.524. The second kappa shape index (κ2) is 10.6. The minimum Gasteiger partial charge on any atom is -0.366 e. The Bertz CT molecular complexity index is 1200. The van der Waals surface area contributed by atoms with E-state index in [1.807, 2.05) is 46.5 Å². The number of piperazine rings is 1. The molecule has 1 aromatic carbocycles. The fourth-order valence-corrected chi connectivity index (χ4v) is 5.28. The average Bonchev–Trinajstić information content (AvgIpc) is 3.21. The summed E-state index contributed by atoms with van der Waals surface area (Å²) in [4.78, 5) is 19.1. The van der Waals surface area contributed by atoms with E-state index in [4.69, 9.17) is 5.10 Å². The first-order valence-electron chi connectivity index (χ1n) is 12.9. The number of halogens is 1. The van der Waals surface area contributed by atoms with Crippen molar-refractivity contribution in [2.75, 3.05) is 49.1 Å². The van der Waals surface area contributed by atoms with Crippen LogP contribution >= 0.6 is 0 Å². The van der Waals surface area contributed by atoms with Crippen molar-refractivity contribution < 1.29 is 9.18 Å². The van der Waals surface area contributed by atoms with Gasteiger partial charge in [-0.15, -0.1) is 10.2 Å². The van der Waals surface area contributed by atoms with Crippen LogP contribution in [0.1, 0.15) is 42.6 Å². The van der Waals surface area contributed by atoms with Gasteiger partial charge < -0.3 is 14.7 Å². The van der Waals surface area contributed by atoms with Crippen molar-refractivity contribution in [1.29, 1.82) is 0 Å². The lowest BCUT2D eigenvalue weighted by molar-refractivity contribution is -0.131. The van der Waals surface area contributed by atoms with E-state index in [-0.39, 0.29) is 11.7 Å². The minimum atomic E-state index is -0.217. The molecule has 9 heteroatoms. The maximum absolute atomic E-state index is 14.1. The van der Waals surface area contributed by atoms with Gasteiger partial charge in [-0.1, -0.05) is 12.1 Å². The topological polar surface area (TPSA) is 70.4 Å². The van der Waals surface area contributed by atoms with E-state index < -0.39 is 0 Å². The molecule has 0 atom stereocenters. The monoisotopic (exact) mass is 491 g/mol. The number of nitrogens with zero attached hydrogens (tertiary/aromatic N) is 7. The molecule has 5 rings (SSSR count). The lowest BCUT2D eigenvalue weighted by Gasteiger charge is -2.36. The second-order valence-electron chi connectivity index (χ2n) is 9.68. The molecule has 0 aliphatic carbocycles. The highest BCUT2D eigenvalue weighted by Gasteiger charge is 2.23. The number of aryl methyl sites for hydroxylation is 1. The van der Waals surface area contributed by atoms with Gasteiger partial charge in [-0.2, -0.15) is 5.10 Å². The molecule has 4 heterocycles. The number of benzene rings is 1. The fraction of sp³-hybridized carbons (Fsp3) is 0.481. The van der Waals surface area contributed by atoms with Gasteiger partial charge in [-0.3, -0.25) is 4.79 Å². The number of anilines is 2. The Balaban J connectivity index is 1.18. The van der Waals surface area contributed by atoms with E-state index in [1.165, 1.54) is 25.3 Å². The fourth-order valence-electron chi connectivity index (χ4n) is 5.28. The number of carbonyl (C=O) groups excluding carboxylic acids is 1. The predicted molar refractivity (Wildman–Crippen MR) is 138 cm³/mol. The Kier molecular flexibility index (Phi) is 7.16. The number of amides is 1. The van der Waals surface area contributed by atoms with Gasteiger partial charge in [-0.05, 0) is 69.4 Å². The van der Waals surface area contributed by atoms with Gasteiger partial charge >= 0.3 is 0 Å². The predicted octanol–water partition coefficient (Wildman–Crippen LogP) is 3.69. The molecule has 3 aromatic rings. The zero-order valence-corrected chi connectivity index (χ0v) is 21.2. The van der Waals surface area contributed by atoms with Gasteiger partial charge in [0, 0.05) is 51.4 Å². The van der Waals surface area contributed by atoms with E-state index in [1.54, 1.807) is 12.1 Å². The highest BCUT2D eigenvalue weighted by molar-refractivity contribution is 5.77. The molecule has 0 radical (unpaired) electrons. The summed E-state index contributed by atoms with van der Waals surface area (Å²) in [5, 5.41) is 13.6. The first-order valence-corrected chi connectivity index (χ1v) is 12.9. The van der Waals surface area contributed by atoms with Gasteiger partial charge in [-0.25, -0.2) is 9.07 Å². The molecule has 2 saturated heterocycles. The highest BCUT2D eigenvalue weighted by atomic mass is 19.1. The number of para-hydroxylation sites is 1. The summed E-state index contributed by atoms with van der Waals surface area (Å²) in [6, 6.07) is 10.8. The number of aromatic nitrogens is 4. The van der Waals surface area contributed by atoms with E-state index in [9.17, 15) is 9.18 Å². The highest BCUT2D eigenvalue weighted by Crippen LogP contribution is 2.23. The zero-order valence-electron chi connectivity index (χ0n) is 21.2. The third-order valence-corrected chi connectivity index (χ3v) is 7.39. The summed E-state index contributed by atoms with van der Waals surface area (Å²) < 4.78 is 15.9. The lowest BCUT2D eigenvalue weighted by atomic mass is 10.1. The third kappa shape index (κ3) is 5.05. The van der Waals surface area contributed by atoms with Gasteiger partial charge in [0.1, 0.15) is 5.82 Å². The first kappa shape index (κ1) is 24.2. The van der Waals surface area contributed by atoms with E-state index in [0.29, 0.717) is 50.5 Å². The molecule has 2 aliphatic rings. The van der Waals surface area contributed by atoms with Crippen LogP contribution in [0.15, 0.2) is 36.4 Å². The van der Waals surface area contributed by atoms with E-state index in [2.05, 4.69) is 15.1 Å². The van der Waals surface area contributed by atoms with Crippen molar-refractivity contribution in [2.24, 2.45) is 0 Å². The van der Waals surface area contributed by atoms with Gasteiger partial charge in [0.25, 0.3) is 0 Å². The minimum absolute atomic E-state index is 0.125. The van der Waals surface area contributed by atoms with Crippen LogP contribution < -0.4 is 9.80 Å². The summed E-state index contributed by atoms with van der Waals surface area (Å²) in [5.41, 5.74) is 3.59. The van der Waals surface area contributed by atoms with Crippen LogP contribution in [-0.2, 0) is 11.2 Å². The molecule has 8 nitrogen and oxygen atoms in total. The Morgan fingerprint density at radius 3 is 2.25 bits per heavy atom. The van der Waals surface area contributed by atoms with Crippen molar-refractivity contribution in [2.45, 2.75) is 46.0 Å². The van der Waals surface area contributed by atoms with Gasteiger partial charge in [0.2, 0.25) is 5.91 Å². The summed E-state index contributed by atoms with van der Waals surface area (Å²) >= 11 is 0. The summed E-state index contributed by atoms with van der Waals surface area (Å²) in [6.07, 6.45) is 4.73. The Morgan fingerprint density at radius 1 is 0.861 bits per heavy atom. The SMILES string of the molecule is Cc1nn(-c2ccc(N3CCCCC3)nn2)c(C)c1CCC(=O)N1CCN(c2ccccc2F)CC1. The molecular formula is C27H34FN7O. The molecule has 2 aromatic heterocycles. The summed E-state index contributed by atoms with van der Waals surface area (Å²) in [7, 11) is 0. The Labute approximate surface area is 211 Å². The molecule has 190 valence electrons. The molecule has 0 bridgehead atoms. The largest absolute Gasteiger partial charge is 0.366 e. The van der Waals surface area contributed by atoms with Crippen molar-refractivity contribution in [1.82, 2.24) is 24.9 Å².